The molecule has 5 nitrogen and oxygen atoms in total. The van der Waals surface area contributed by atoms with E-state index in [1.54, 1.807) is 0 Å². The average Bonchev–Trinajstić information content (AvgIpc) is 3.45. The Morgan fingerprint density at radius 2 is 1.90 bits per heavy atom. The molecule has 29 heavy (non-hydrogen) atoms. The topological polar surface area (TPSA) is 50.2 Å². The molecule has 0 spiro atoms. The molecule has 4 rings (SSSR count). The quantitative estimate of drug-likeness (QED) is 0.634. The number of benzene rings is 2. The van der Waals surface area contributed by atoms with Crippen molar-refractivity contribution < 1.29 is 4.79 Å². The Balaban J connectivity index is 1.62. The maximum atomic E-state index is 12.5. The number of hydrogen-bond donors (Lipinski definition) is 1. The van der Waals surface area contributed by atoms with Gasteiger partial charge < -0.3 is 5.32 Å². The lowest BCUT2D eigenvalue weighted by molar-refractivity contribution is -0.125. The average molecular weight is 409 g/mol. The minimum atomic E-state index is -0.214. The van der Waals surface area contributed by atoms with Crippen LogP contribution < -0.4 is 5.32 Å². The Labute approximate surface area is 176 Å². The number of hydrogen-bond acceptors (Lipinski definition) is 3. The van der Waals surface area contributed by atoms with Crippen LogP contribution in [0.5, 0.6) is 0 Å². The molecular formula is C23H25ClN4O. The number of nitrogens with zero attached hydrogens (tertiary/aromatic N) is 3. The molecule has 1 N–H and O–H groups in total. The maximum Gasteiger partial charge on any atom is 0.237 e. The SMILES string of the molecule is CC(C(=O)NC1CC1)N(C)Cc1cn(-c2ccccc2)nc1-c1ccc(Cl)cc1. The minimum absolute atomic E-state index is 0.0819. The molecule has 1 saturated carbocycles. The molecule has 0 saturated heterocycles. The molecule has 1 atom stereocenters. The van der Waals surface area contributed by atoms with E-state index in [-0.39, 0.29) is 11.9 Å². The predicted octanol–water partition coefficient (Wildman–Crippen LogP) is 4.29. The number of likely N-dealkylation sites (N-methyl/N-ethyl adjacent to an activating group) is 1. The summed E-state index contributed by atoms with van der Waals surface area (Å²) in [5.41, 5.74) is 3.95. The highest BCUT2D eigenvalue weighted by atomic mass is 35.5. The Morgan fingerprint density at radius 1 is 1.21 bits per heavy atom. The van der Waals surface area contributed by atoms with Crippen molar-refractivity contribution in [1.29, 1.82) is 0 Å². The number of carbonyl (C=O) groups is 1. The van der Waals surface area contributed by atoms with Gasteiger partial charge in [-0.25, -0.2) is 4.68 Å². The van der Waals surface area contributed by atoms with Gasteiger partial charge in [-0.1, -0.05) is 41.9 Å². The zero-order valence-corrected chi connectivity index (χ0v) is 17.4. The van der Waals surface area contributed by atoms with Gasteiger partial charge in [0.15, 0.2) is 0 Å². The second kappa shape index (κ2) is 8.39. The molecular weight excluding hydrogens is 384 g/mol. The van der Waals surface area contributed by atoms with Crippen molar-refractivity contribution >= 4 is 17.5 Å². The Hall–Kier alpha value is -2.63. The summed E-state index contributed by atoms with van der Waals surface area (Å²) >= 11 is 6.07. The highest BCUT2D eigenvalue weighted by Gasteiger charge is 2.27. The minimum Gasteiger partial charge on any atom is -0.352 e. The van der Waals surface area contributed by atoms with Crippen LogP contribution in [0.4, 0.5) is 0 Å². The Kier molecular flexibility index (Phi) is 5.69. The van der Waals surface area contributed by atoms with E-state index in [9.17, 15) is 4.79 Å². The molecule has 1 amide bonds. The van der Waals surface area contributed by atoms with Crippen LogP contribution >= 0.6 is 11.6 Å². The second-order valence-corrected chi connectivity index (χ2v) is 8.10. The number of carbonyl (C=O) groups excluding carboxylic acids is 1. The van der Waals surface area contributed by atoms with Crippen molar-refractivity contribution in [3.63, 3.8) is 0 Å². The van der Waals surface area contributed by atoms with E-state index in [0.717, 1.165) is 35.3 Å². The van der Waals surface area contributed by atoms with Gasteiger partial charge in [0.25, 0.3) is 0 Å². The number of nitrogens with one attached hydrogen (secondary N) is 1. The highest BCUT2D eigenvalue weighted by Crippen LogP contribution is 2.27. The molecule has 150 valence electrons. The number of aromatic nitrogens is 2. The van der Waals surface area contributed by atoms with E-state index < -0.39 is 0 Å². The van der Waals surface area contributed by atoms with Crippen molar-refractivity contribution in [1.82, 2.24) is 20.0 Å². The molecule has 1 unspecified atom stereocenters. The Bertz CT molecular complexity index is 980. The van der Waals surface area contributed by atoms with Gasteiger partial charge >= 0.3 is 0 Å². The van der Waals surface area contributed by atoms with Crippen LogP contribution in [0, 0.1) is 0 Å². The number of amides is 1. The van der Waals surface area contributed by atoms with Crippen LogP contribution in [-0.2, 0) is 11.3 Å². The first-order valence-corrected chi connectivity index (χ1v) is 10.3. The Morgan fingerprint density at radius 3 is 2.55 bits per heavy atom. The van der Waals surface area contributed by atoms with Gasteiger partial charge in [-0.3, -0.25) is 9.69 Å². The van der Waals surface area contributed by atoms with Gasteiger partial charge in [-0.05, 0) is 51.1 Å². The lowest BCUT2D eigenvalue weighted by Gasteiger charge is -2.23. The fourth-order valence-electron chi connectivity index (χ4n) is 3.24. The van der Waals surface area contributed by atoms with Crippen molar-refractivity contribution in [3.8, 4) is 16.9 Å². The summed E-state index contributed by atoms with van der Waals surface area (Å²) in [6.45, 7) is 2.56. The van der Waals surface area contributed by atoms with Crippen molar-refractivity contribution in [2.24, 2.45) is 0 Å². The van der Waals surface area contributed by atoms with Crippen LogP contribution in [0.2, 0.25) is 5.02 Å². The third-order valence-electron chi connectivity index (χ3n) is 5.31. The standard InChI is InChI=1S/C23H25ClN4O/c1-16(23(29)25-20-12-13-20)27(2)14-18-15-28(21-6-4-3-5-7-21)26-22(18)17-8-10-19(24)11-9-17/h3-11,15-16,20H,12-14H2,1-2H3,(H,25,29). The van der Waals surface area contributed by atoms with Gasteiger partial charge in [0.2, 0.25) is 5.91 Å². The third-order valence-corrected chi connectivity index (χ3v) is 5.56. The zero-order valence-electron chi connectivity index (χ0n) is 16.7. The van der Waals surface area contributed by atoms with Crippen LogP contribution in [-0.4, -0.2) is 39.7 Å². The molecule has 1 heterocycles. The summed E-state index contributed by atoms with van der Waals surface area (Å²) < 4.78 is 1.89. The summed E-state index contributed by atoms with van der Waals surface area (Å²) in [5, 5.41) is 8.62. The summed E-state index contributed by atoms with van der Waals surface area (Å²) in [5.74, 6) is 0.0819. The first-order chi connectivity index (χ1) is 14.0. The number of rotatable bonds is 7. The zero-order chi connectivity index (χ0) is 20.4. The summed E-state index contributed by atoms with van der Waals surface area (Å²) in [4.78, 5) is 14.5. The van der Waals surface area contributed by atoms with E-state index in [1.165, 1.54) is 0 Å². The van der Waals surface area contributed by atoms with Gasteiger partial charge in [0, 0.05) is 34.9 Å². The molecule has 3 aromatic rings. The summed E-state index contributed by atoms with van der Waals surface area (Å²) in [6.07, 6.45) is 4.22. The van der Waals surface area contributed by atoms with Crippen LogP contribution in [0.3, 0.4) is 0 Å². The summed E-state index contributed by atoms with van der Waals surface area (Å²) in [6, 6.07) is 17.9. The van der Waals surface area contributed by atoms with Crippen LogP contribution in [0.15, 0.2) is 60.8 Å². The van der Waals surface area contributed by atoms with Crippen molar-refractivity contribution in [3.05, 3.63) is 71.4 Å². The normalized spacial score (nSPS) is 14.8. The third kappa shape index (κ3) is 4.69. The monoisotopic (exact) mass is 408 g/mol. The van der Waals surface area contributed by atoms with E-state index in [1.807, 2.05) is 79.4 Å². The molecule has 0 bridgehead atoms. The first kappa shape index (κ1) is 19.7. The van der Waals surface area contributed by atoms with E-state index in [0.29, 0.717) is 17.6 Å². The fraction of sp³-hybridized carbons (Fsp3) is 0.304. The van der Waals surface area contributed by atoms with Crippen LogP contribution in [0.25, 0.3) is 16.9 Å². The van der Waals surface area contributed by atoms with Gasteiger partial charge in [0.1, 0.15) is 0 Å². The molecule has 0 aliphatic heterocycles. The highest BCUT2D eigenvalue weighted by molar-refractivity contribution is 6.30. The molecule has 0 radical (unpaired) electrons. The molecule has 1 aromatic heterocycles. The number of halogens is 1. The predicted molar refractivity (Wildman–Crippen MR) is 116 cm³/mol. The molecule has 1 aliphatic carbocycles. The largest absolute Gasteiger partial charge is 0.352 e. The first-order valence-electron chi connectivity index (χ1n) is 9.92. The summed E-state index contributed by atoms with van der Waals surface area (Å²) in [7, 11) is 1.97. The molecule has 6 heteroatoms. The van der Waals surface area contributed by atoms with Gasteiger partial charge in [0.05, 0.1) is 17.4 Å². The lowest BCUT2D eigenvalue weighted by Crippen LogP contribution is -2.43. The van der Waals surface area contributed by atoms with E-state index in [2.05, 4.69) is 10.2 Å². The smallest absolute Gasteiger partial charge is 0.237 e. The second-order valence-electron chi connectivity index (χ2n) is 7.66. The van der Waals surface area contributed by atoms with Gasteiger partial charge in [-0.15, -0.1) is 0 Å². The molecule has 2 aromatic carbocycles. The van der Waals surface area contributed by atoms with Gasteiger partial charge in [-0.2, -0.15) is 5.10 Å². The van der Waals surface area contributed by atoms with Crippen molar-refractivity contribution in [2.45, 2.75) is 38.4 Å². The van der Waals surface area contributed by atoms with Crippen molar-refractivity contribution in [2.75, 3.05) is 7.05 Å². The lowest BCUT2D eigenvalue weighted by atomic mass is 10.1. The number of para-hydroxylation sites is 1. The maximum absolute atomic E-state index is 12.5. The van der Waals surface area contributed by atoms with Crippen LogP contribution in [0.1, 0.15) is 25.3 Å². The molecule has 1 aliphatic rings. The molecule has 1 fully saturated rings. The van der Waals surface area contributed by atoms with E-state index >= 15 is 0 Å². The van der Waals surface area contributed by atoms with E-state index in [4.69, 9.17) is 16.7 Å². The fourth-order valence-corrected chi connectivity index (χ4v) is 3.37.